The zero-order chi connectivity index (χ0) is 23.4. The van der Waals surface area contributed by atoms with Crippen molar-refractivity contribution in [3.05, 3.63) is 70.8 Å². The second kappa shape index (κ2) is 9.61. The Labute approximate surface area is 192 Å². The molecule has 1 aromatic carbocycles. The Morgan fingerprint density at radius 2 is 1.91 bits per heavy atom. The van der Waals surface area contributed by atoms with Gasteiger partial charge in [0.25, 0.3) is 5.91 Å². The van der Waals surface area contributed by atoms with Crippen LogP contribution < -0.4 is 14.8 Å². The van der Waals surface area contributed by atoms with Gasteiger partial charge in [-0.2, -0.15) is 0 Å². The molecule has 10 heteroatoms. The normalized spacial score (nSPS) is 10.6. The maximum absolute atomic E-state index is 13.0. The zero-order valence-corrected chi connectivity index (χ0v) is 18.9. The lowest BCUT2D eigenvalue weighted by Crippen LogP contribution is -2.16. The summed E-state index contributed by atoms with van der Waals surface area (Å²) in [7, 11) is 2.89. The lowest BCUT2D eigenvalue weighted by Gasteiger charge is -2.14. The molecule has 0 aliphatic rings. The molecule has 4 aromatic rings. The predicted octanol–water partition coefficient (Wildman–Crippen LogP) is 4.93. The fourth-order valence-corrected chi connectivity index (χ4v) is 3.67. The zero-order valence-electron chi connectivity index (χ0n) is 18.0. The van der Waals surface area contributed by atoms with Crippen LogP contribution in [-0.4, -0.2) is 31.1 Å². The number of rotatable bonds is 8. The van der Waals surface area contributed by atoms with Gasteiger partial charge in [-0.25, -0.2) is 9.78 Å². The van der Waals surface area contributed by atoms with Crippen LogP contribution in [-0.2, 0) is 11.3 Å². The van der Waals surface area contributed by atoms with Crippen LogP contribution in [0.4, 0.5) is 5.69 Å². The molecule has 170 valence electrons. The van der Waals surface area contributed by atoms with Gasteiger partial charge in [0.1, 0.15) is 18.1 Å². The first kappa shape index (κ1) is 22.2. The van der Waals surface area contributed by atoms with Crippen molar-refractivity contribution in [2.75, 3.05) is 19.5 Å². The number of hydrogen-bond acceptors (Lipinski definition) is 9. The fourth-order valence-electron chi connectivity index (χ4n) is 3.02. The molecule has 0 unspecified atom stereocenters. The number of furan rings is 1. The van der Waals surface area contributed by atoms with Crippen molar-refractivity contribution in [1.82, 2.24) is 4.98 Å². The maximum atomic E-state index is 13.0. The van der Waals surface area contributed by atoms with Crippen LogP contribution in [0.3, 0.4) is 0 Å². The number of ether oxygens (including phenoxy) is 3. The van der Waals surface area contributed by atoms with Crippen LogP contribution in [0.5, 0.6) is 11.5 Å². The second-order valence-electron chi connectivity index (χ2n) is 6.76. The van der Waals surface area contributed by atoms with Gasteiger partial charge in [0.2, 0.25) is 5.89 Å². The van der Waals surface area contributed by atoms with E-state index in [-0.39, 0.29) is 23.6 Å². The average molecular weight is 468 g/mol. The van der Waals surface area contributed by atoms with Crippen LogP contribution in [0.1, 0.15) is 32.4 Å². The Morgan fingerprint density at radius 1 is 1.12 bits per heavy atom. The third-order valence-corrected chi connectivity index (χ3v) is 5.56. The highest BCUT2D eigenvalue weighted by Gasteiger charge is 2.22. The molecule has 0 saturated heterocycles. The molecule has 1 N–H and O–H groups in total. The Balaban J connectivity index is 1.57. The Hall–Kier alpha value is -4.05. The summed E-state index contributed by atoms with van der Waals surface area (Å²) in [6, 6.07) is 9.80. The summed E-state index contributed by atoms with van der Waals surface area (Å²) in [4.78, 5) is 30.8. The molecule has 0 atom stereocenters. The number of benzene rings is 1. The first-order valence-electron chi connectivity index (χ1n) is 9.78. The summed E-state index contributed by atoms with van der Waals surface area (Å²) >= 11 is 1.50. The lowest BCUT2D eigenvalue weighted by atomic mass is 10.1. The monoisotopic (exact) mass is 468 g/mol. The number of esters is 1. The van der Waals surface area contributed by atoms with E-state index in [1.807, 2.05) is 17.5 Å². The molecule has 0 spiro atoms. The van der Waals surface area contributed by atoms with Gasteiger partial charge in [0, 0.05) is 12.1 Å². The molecule has 0 aliphatic carbocycles. The highest BCUT2D eigenvalue weighted by Crippen LogP contribution is 2.34. The highest BCUT2D eigenvalue weighted by atomic mass is 32.1. The Kier molecular flexibility index (Phi) is 6.45. The minimum Gasteiger partial charge on any atom is -0.493 e. The largest absolute Gasteiger partial charge is 0.493 e. The average Bonchev–Trinajstić information content (AvgIpc) is 3.59. The summed E-state index contributed by atoms with van der Waals surface area (Å²) in [6.45, 7) is 1.64. The minimum atomic E-state index is -0.689. The maximum Gasteiger partial charge on any atom is 0.340 e. The highest BCUT2D eigenvalue weighted by molar-refractivity contribution is 7.13. The van der Waals surface area contributed by atoms with Gasteiger partial charge in [-0.15, -0.1) is 11.3 Å². The molecule has 0 saturated carbocycles. The molecule has 9 nitrogen and oxygen atoms in total. The van der Waals surface area contributed by atoms with Crippen molar-refractivity contribution in [2.24, 2.45) is 0 Å². The summed E-state index contributed by atoms with van der Waals surface area (Å²) in [5.74, 6) is 0.508. The molecule has 0 fully saturated rings. The first-order valence-corrected chi connectivity index (χ1v) is 10.7. The number of thiophene rings is 1. The second-order valence-corrected chi connectivity index (χ2v) is 7.71. The standard InChI is InChI=1S/C23H20N2O7S/c1-13-16(25-22(32-13)20-7-5-9-33-20)12-31-23(27)14-10-18(28-2)19(29-3)11-15(14)24-21(26)17-6-4-8-30-17/h4-11H,12H2,1-3H3,(H,24,26). The van der Waals surface area contributed by atoms with E-state index in [1.165, 1.54) is 50.0 Å². The van der Waals surface area contributed by atoms with Gasteiger partial charge in [0.05, 0.1) is 36.6 Å². The van der Waals surface area contributed by atoms with Crippen molar-refractivity contribution >= 4 is 28.9 Å². The van der Waals surface area contributed by atoms with E-state index in [2.05, 4.69) is 10.3 Å². The number of carbonyl (C=O) groups excluding carboxylic acids is 2. The molecule has 0 bridgehead atoms. The Morgan fingerprint density at radius 3 is 2.58 bits per heavy atom. The van der Waals surface area contributed by atoms with Crippen LogP contribution in [0.2, 0.25) is 0 Å². The van der Waals surface area contributed by atoms with Crippen LogP contribution in [0, 0.1) is 6.92 Å². The van der Waals surface area contributed by atoms with E-state index in [9.17, 15) is 9.59 Å². The molecule has 3 aromatic heterocycles. The summed E-state index contributed by atoms with van der Waals surface area (Å²) in [5, 5.41) is 4.57. The van der Waals surface area contributed by atoms with Gasteiger partial charge in [0.15, 0.2) is 17.3 Å². The molecule has 0 radical (unpaired) electrons. The van der Waals surface area contributed by atoms with E-state index in [0.29, 0.717) is 28.8 Å². The SMILES string of the molecule is COc1cc(NC(=O)c2ccco2)c(C(=O)OCc2nc(-c3cccs3)oc2C)cc1OC. The van der Waals surface area contributed by atoms with Crippen molar-refractivity contribution in [3.63, 3.8) is 0 Å². The smallest absolute Gasteiger partial charge is 0.340 e. The molecule has 0 aliphatic heterocycles. The van der Waals surface area contributed by atoms with E-state index in [1.54, 1.807) is 13.0 Å². The van der Waals surface area contributed by atoms with Crippen molar-refractivity contribution in [2.45, 2.75) is 13.5 Å². The molecule has 3 heterocycles. The van der Waals surface area contributed by atoms with Gasteiger partial charge >= 0.3 is 5.97 Å². The number of aromatic nitrogens is 1. The summed E-state index contributed by atoms with van der Waals surface area (Å²) < 4.78 is 26.9. The first-order chi connectivity index (χ1) is 16.0. The molecule has 4 rings (SSSR count). The van der Waals surface area contributed by atoms with Crippen LogP contribution >= 0.6 is 11.3 Å². The Bertz CT molecular complexity index is 1260. The van der Waals surface area contributed by atoms with E-state index in [4.69, 9.17) is 23.0 Å². The van der Waals surface area contributed by atoms with Crippen molar-refractivity contribution in [1.29, 1.82) is 0 Å². The van der Waals surface area contributed by atoms with E-state index in [0.717, 1.165) is 4.88 Å². The topological polar surface area (TPSA) is 113 Å². The van der Waals surface area contributed by atoms with Crippen molar-refractivity contribution < 1.29 is 32.6 Å². The number of hydrogen-bond donors (Lipinski definition) is 1. The number of carbonyl (C=O) groups is 2. The number of nitrogens with one attached hydrogen (secondary N) is 1. The van der Waals surface area contributed by atoms with Gasteiger partial charge < -0.3 is 28.4 Å². The third-order valence-electron chi connectivity index (χ3n) is 4.70. The number of methoxy groups -OCH3 is 2. The molecule has 1 amide bonds. The third kappa shape index (κ3) is 4.75. The predicted molar refractivity (Wildman–Crippen MR) is 120 cm³/mol. The number of anilines is 1. The number of aryl methyl sites for hydroxylation is 1. The summed E-state index contributed by atoms with van der Waals surface area (Å²) in [5.41, 5.74) is 0.746. The van der Waals surface area contributed by atoms with Gasteiger partial charge in [-0.05, 0) is 30.5 Å². The van der Waals surface area contributed by atoms with E-state index < -0.39 is 11.9 Å². The molecule has 33 heavy (non-hydrogen) atoms. The van der Waals surface area contributed by atoms with Crippen LogP contribution in [0.25, 0.3) is 10.8 Å². The molecular weight excluding hydrogens is 448 g/mol. The molecular formula is C23H20N2O7S. The lowest BCUT2D eigenvalue weighted by molar-refractivity contribution is 0.0467. The number of nitrogens with zero attached hydrogens (tertiary/aromatic N) is 1. The number of oxazole rings is 1. The summed E-state index contributed by atoms with van der Waals surface area (Å²) in [6.07, 6.45) is 1.38. The quantitative estimate of drug-likeness (QED) is 0.362. The fraction of sp³-hybridized carbons (Fsp3) is 0.174. The van der Waals surface area contributed by atoms with Crippen LogP contribution in [0.15, 0.2) is 56.9 Å². The van der Waals surface area contributed by atoms with Crippen molar-refractivity contribution in [3.8, 4) is 22.3 Å². The van der Waals surface area contributed by atoms with E-state index >= 15 is 0 Å². The van der Waals surface area contributed by atoms with Gasteiger partial charge in [-0.3, -0.25) is 4.79 Å². The van der Waals surface area contributed by atoms with Gasteiger partial charge in [-0.1, -0.05) is 6.07 Å². The number of amides is 1. The minimum absolute atomic E-state index is 0.0761.